The standard InChI is InChI=1S/C5H11F3N4O3S/c1-12(2-4(9)11-13)16(14,15)10-3-5(6,7)8/h10,13H,2-3H2,1H3,(H2,9,11). The van der Waals surface area contributed by atoms with E-state index < -0.39 is 35.3 Å². The van der Waals surface area contributed by atoms with Gasteiger partial charge >= 0.3 is 6.18 Å². The van der Waals surface area contributed by atoms with Crippen LogP contribution in [0.25, 0.3) is 0 Å². The van der Waals surface area contributed by atoms with Crippen molar-refractivity contribution in [1.29, 1.82) is 0 Å². The van der Waals surface area contributed by atoms with Crippen molar-refractivity contribution in [2.75, 3.05) is 20.1 Å². The monoisotopic (exact) mass is 264 g/mol. The first kappa shape index (κ1) is 14.9. The Kier molecular flexibility index (Phi) is 4.96. The summed E-state index contributed by atoms with van der Waals surface area (Å²) in [6, 6.07) is 0. The maximum absolute atomic E-state index is 11.7. The number of nitrogens with zero attached hydrogens (tertiary/aromatic N) is 2. The van der Waals surface area contributed by atoms with Gasteiger partial charge in [-0.15, -0.1) is 0 Å². The lowest BCUT2D eigenvalue weighted by atomic mass is 10.6. The Balaban J connectivity index is 4.44. The van der Waals surface area contributed by atoms with Gasteiger partial charge in [-0.05, 0) is 0 Å². The molecule has 0 rings (SSSR count). The van der Waals surface area contributed by atoms with E-state index in [1.54, 1.807) is 0 Å². The zero-order valence-electron chi connectivity index (χ0n) is 8.19. The molecule has 0 atom stereocenters. The maximum atomic E-state index is 11.7. The van der Waals surface area contributed by atoms with E-state index in [1.165, 1.54) is 4.72 Å². The summed E-state index contributed by atoms with van der Waals surface area (Å²) in [5.41, 5.74) is 5.00. The number of halogens is 3. The highest BCUT2D eigenvalue weighted by Crippen LogP contribution is 2.13. The first-order valence-corrected chi connectivity index (χ1v) is 5.26. The van der Waals surface area contributed by atoms with Crippen LogP contribution in [-0.2, 0) is 10.2 Å². The molecule has 0 aromatic carbocycles. The van der Waals surface area contributed by atoms with Crippen molar-refractivity contribution in [2.24, 2.45) is 10.9 Å². The summed E-state index contributed by atoms with van der Waals surface area (Å²) in [5, 5.41) is 10.6. The van der Waals surface area contributed by atoms with Crippen molar-refractivity contribution in [3.8, 4) is 0 Å². The normalized spacial score (nSPS) is 14.4. The van der Waals surface area contributed by atoms with E-state index in [0.717, 1.165) is 7.05 Å². The van der Waals surface area contributed by atoms with Gasteiger partial charge in [-0.25, -0.2) is 0 Å². The predicted molar refractivity (Wildman–Crippen MR) is 49.0 cm³/mol. The summed E-state index contributed by atoms with van der Waals surface area (Å²) >= 11 is 0. The predicted octanol–water partition coefficient (Wildman–Crippen LogP) is -0.939. The van der Waals surface area contributed by atoms with Crippen LogP contribution < -0.4 is 10.5 Å². The number of nitrogens with one attached hydrogen (secondary N) is 1. The van der Waals surface area contributed by atoms with Crippen LogP contribution in [0.3, 0.4) is 0 Å². The third kappa shape index (κ3) is 5.72. The third-order valence-electron chi connectivity index (χ3n) is 1.38. The van der Waals surface area contributed by atoms with Gasteiger partial charge in [-0.3, -0.25) is 0 Å². The number of hydrogen-bond acceptors (Lipinski definition) is 4. The van der Waals surface area contributed by atoms with Crippen LogP contribution in [0.1, 0.15) is 0 Å². The summed E-state index contributed by atoms with van der Waals surface area (Å²) in [6.45, 7) is -2.21. The van der Waals surface area contributed by atoms with Gasteiger partial charge < -0.3 is 10.9 Å². The van der Waals surface area contributed by atoms with Gasteiger partial charge in [0.05, 0.1) is 6.54 Å². The molecule has 0 heterocycles. The van der Waals surface area contributed by atoms with E-state index >= 15 is 0 Å². The van der Waals surface area contributed by atoms with Gasteiger partial charge in [0.15, 0.2) is 5.84 Å². The van der Waals surface area contributed by atoms with Crippen LogP contribution in [-0.4, -0.2) is 50.1 Å². The number of likely N-dealkylation sites (N-methyl/N-ethyl adjacent to an activating group) is 1. The molecular formula is C5H11F3N4O3S. The molecule has 0 saturated carbocycles. The average Bonchev–Trinajstić information content (AvgIpc) is 2.13. The van der Waals surface area contributed by atoms with Crippen LogP contribution in [0.15, 0.2) is 5.16 Å². The van der Waals surface area contributed by atoms with Crippen molar-refractivity contribution >= 4 is 16.0 Å². The molecule has 96 valence electrons. The number of amidine groups is 1. The molecule has 11 heteroatoms. The minimum atomic E-state index is -4.65. The number of rotatable bonds is 5. The Labute approximate surface area is 89.9 Å². The molecule has 0 unspecified atom stereocenters. The highest BCUT2D eigenvalue weighted by atomic mass is 32.2. The zero-order valence-corrected chi connectivity index (χ0v) is 9.01. The fourth-order valence-corrected chi connectivity index (χ4v) is 1.50. The number of hydrogen-bond donors (Lipinski definition) is 3. The van der Waals surface area contributed by atoms with E-state index in [4.69, 9.17) is 10.9 Å². The molecule has 0 aromatic heterocycles. The van der Waals surface area contributed by atoms with Crippen molar-refractivity contribution < 1.29 is 26.8 Å². The summed E-state index contributed by atoms with van der Waals surface area (Å²) in [6.07, 6.45) is -4.65. The molecule has 4 N–H and O–H groups in total. The first-order chi connectivity index (χ1) is 7.08. The Morgan fingerprint density at radius 3 is 2.44 bits per heavy atom. The molecule has 0 aromatic rings. The third-order valence-corrected chi connectivity index (χ3v) is 2.84. The average molecular weight is 264 g/mol. The van der Waals surface area contributed by atoms with Crippen molar-refractivity contribution in [3.05, 3.63) is 0 Å². The van der Waals surface area contributed by atoms with Gasteiger partial charge in [-0.2, -0.15) is 30.6 Å². The van der Waals surface area contributed by atoms with Crippen molar-refractivity contribution in [2.45, 2.75) is 6.18 Å². The quantitative estimate of drug-likeness (QED) is 0.258. The molecule has 0 aliphatic rings. The SMILES string of the molecule is CN(CC(N)=NO)S(=O)(=O)NCC(F)(F)F. The van der Waals surface area contributed by atoms with Gasteiger partial charge in [-0.1, -0.05) is 5.16 Å². The molecule has 0 spiro atoms. The number of nitrogens with two attached hydrogens (primary N) is 1. The molecule has 0 bridgehead atoms. The van der Waals surface area contributed by atoms with E-state index in [0.29, 0.717) is 4.31 Å². The summed E-state index contributed by atoms with van der Waals surface area (Å²) in [7, 11) is -3.32. The van der Waals surface area contributed by atoms with E-state index in [-0.39, 0.29) is 0 Å². The van der Waals surface area contributed by atoms with Crippen LogP contribution in [0, 0.1) is 0 Å². The largest absolute Gasteiger partial charge is 0.409 e. The molecule has 16 heavy (non-hydrogen) atoms. The van der Waals surface area contributed by atoms with Crippen molar-refractivity contribution in [1.82, 2.24) is 9.03 Å². The van der Waals surface area contributed by atoms with E-state index in [9.17, 15) is 21.6 Å². The highest BCUT2D eigenvalue weighted by molar-refractivity contribution is 7.87. The molecule has 0 amide bonds. The number of alkyl halides is 3. The molecule has 7 nitrogen and oxygen atoms in total. The van der Waals surface area contributed by atoms with Gasteiger partial charge in [0.1, 0.15) is 6.54 Å². The Hall–Kier alpha value is -1.07. The molecular weight excluding hydrogens is 253 g/mol. The van der Waals surface area contributed by atoms with Crippen LogP contribution in [0.4, 0.5) is 13.2 Å². The highest BCUT2D eigenvalue weighted by Gasteiger charge is 2.30. The Morgan fingerprint density at radius 1 is 1.56 bits per heavy atom. The summed E-state index contributed by atoms with van der Waals surface area (Å²) < 4.78 is 59.3. The second-order valence-corrected chi connectivity index (χ2v) is 4.65. The molecule has 0 aliphatic heterocycles. The minimum Gasteiger partial charge on any atom is -0.409 e. The van der Waals surface area contributed by atoms with E-state index in [1.807, 2.05) is 0 Å². The topological polar surface area (TPSA) is 108 Å². The maximum Gasteiger partial charge on any atom is 0.402 e. The molecule has 0 fully saturated rings. The molecule has 0 saturated heterocycles. The number of oxime groups is 1. The van der Waals surface area contributed by atoms with Crippen LogP contribution in [0.2, 0.25) is 0 Å². The molecule has 0 radical (unpaired) electrons. The van der Waals surface area contributed by atoms with Gasteiger partial charge in [0.25, 0.3) is 10.2 Å². The fraction of sp³-hybridized carbons (Fsp3) is 0.800. The van der Waals surface area contributed by atoms with Crippen LogP contribution in [0.5, 0.6) is 0 Å². The van der Waals surface area contributed by atoms with Gasteiger partial charge in [0.2, 0.25) is 0 Å². The minimum absolute atomic E-state index is 0.445. The Bertz CT molecular complexity index is 352. The lowest BCUT2D eigenvalue weighted by molar-refractivity contribution is -0.121. The van der Waals surface area contributed by atoms with Gasteiger partial charge in [0, 0.05) is 7.05 Å². The summed E-state index contributed by atoms with van der Waals surface area (Å²) in [5.74, 6) is -0.445. The second kappa shape index (κ2) is 5.32. The van der Waals surface area contributed by atoms with Crippen molar-refractivity contribution in [3.63, 3.8) is 0 Å². The second-order valence-electron chi connectivity index (χ2n) is 2.79. The van der Waals surface area contributed by atoms with Crippen LogP contribution >= 0.6 is 0 Å². The smallest absolute Gasteiger partial charge is 0.402 e. The lowest BCUT2D eigenvalue weighted by Gasteiger charge is -2.17. The Morgan fingerprint density at radius 2 is 2.06 bits per heavy atom. The molecule has 0 aliphatic carbocycles. The fourth-order valence-electron chi connectivity index (χ4n) is 0.628. The summed E-state index contributed by atoms with van der Waals surface area (Å²) in [4.78, 5) is 0. The van der Waals surface area contributed by atoms with E-state index in [2.05, 4.69) is 5.16 Å². The lowest BCUT2D eigenvalue weighted by Crippen LogP contribution is -2.45. The zero-order chi connectivity index (χ0) is 13.0. The first-order valence-electron chi connectivity index (χ1n) is 3.82.